The van der Waals surface area contributed by atoms with Gasteiger partial charge in [0.1, 0.15) is 23.0 Å². The highest BCUT2D eigenvalue weighted by Crippen LogP contribution is 2.36. The number of rotatable bonds is 8. The maximum atomic E-state index is 14.9. The Kier molecular flexibility index (Phi) is 6.93. The Morgan fingerprint density at radius 1 is 1.10 bits per heavy atom. The largest absolute Gasteiger partial charge is 0.469 e. The first-order chi connectivity index (χ1) is 18.7. The highest BCUT2D eigenvalue weighted by molar-refractivity contribution is 5.85. The Labute approximate surface area is 223 Å². The lowest BCUT2D eigenvalue weighted by Crippen LogP contribution is -2.23. The van der Waals surface area contributed by atoms with Crippen LogP contribution in [0, 0.1) is 18.6 Å². The molecule has 0 aliphatic heterocycles. The molecule has 5 rings (SSSR count). The first-order valence-electron chi connectivity index (χ1n) is 12.4. The van der Waals surface area contributed by atoms with E-state index in [9.17, 15) is 18.7 Å². The van der Waals surface area contributed by atoms with Crippen LogP contribution >= 0.6 is 0 Å². The van der Waals surface area contributed by atoms with E-state index in [1.807, 2.05) is 12.1 Å². The molecule has 3 N–H and O–H groups in total. The van der Waals surface area contributed by atoms with E-state index in [0.717, 1.165) is 10.9 Å². The topological polar surface area (TPSA) is 100 Å². The number of nitrogens with one attached hydrogen (secondary N) is 2. The molecule has 0 radical (unpaired) electrons. The first kappa shape index (κ1) is 26.1. The molecule has 0 bridgehead atoms. The molecule has 5 aromatic rings. The average molecular weight is 532 g/mol. The molecule has 0 spiro atoms. The number of carbonyl (C=O) groups excluding carboxylic acids is 1. The molecule has 1 atom stereocenters. The van der Waals surface area contributed by atoms with Crippen LogP contribution in [0.3, 0.4) is 0 Å². The summed E-state index contributed by atoms with van der Waals surface area (Å²) in [5, 5.41) is 12.2. The van der Waals surface area contributed by atoms with Gasteiger partial charge in [-0.2, -0.15) is 0 Å². The molecule has 3 aromatic carbocycles. The third kappa shape index (κ3) is 5.13. The van der Waals surface area contributed by atoms with Gasteiger partial charge in [0, 0.05) is 35.2 Å². The second-order valence-corrected chi connectivity index (χ2v) is 9.49. The van der Waals surface area contributed by atoms with Gasteiger partial charge in [0.05, 0.1) is 24.6 Å². The molecule has 1 unspecified atom stereocenters. The third-order valence-corrected chi connectivity index (χ3v) is 6.86. The minimum atomic E-state index is -1.48. The molecule has 0 amide bonds. The highest BCUT2D eigenvalue weighted by Gasteiger charge is 2.29. The van der Waals surface area contributed by atoms with Crippen molar-refractivity contribution in [2.24, 2.45) is 0 Å². The summed E-state index contributed by atoms with van der Waals surface area (Å²) in [6, 6.07) is 14.5. The molecular weight excluding hydrogens is 504 g/mol. The number of methoxy groups -OCH3 is 1. The summed E-state index contributed by atoms with van der Waals surface area (Å²) in [7, 11) is 1.34. The predicted octanol–water partition coefficient (Wildman–Crippen LogP) is 6.30. The summed E-state index contributed by atoms with van der Waals surface area (Å²) >= 11 is 0. The summed E-state index contributed by atoms with van der Waals surface area (Å²) in [4.78, 5) is 21.8. The number of aromatic amines is 2. The van der Waals surface area contributed by atoms with Crippen LogP contribution in [0.25, 0.3) is 22.3 Å². The molecule has 200 valence electrons. The first-order valence-corrected chi connectivity index (χ1v) is 12.4. The second kappa shape index (κ2) is 10.3. The van der Waals surface area contributed by atoms with Crippen molar-refractivity contribution in [2.45, 2.75) is 32.3 Å². The Hall–Kier alpha value is -4.50. The zero-order chi connectivity index (χ0) is 27.7. The van der Waals surface area contributed by atoms with Crippen molar-refractivity contribution >= 4 is 16.9 Å². The van der Waals surface area contributed by atoms with Crippen molar-refractivity contribution in [1.29, 1.82) is 0 Å². The molecule has 2 aromatic heterocycles. The van der Waals surface area contributed by atoms with Gasteiger partial charge in [-0.3, -0.25) is 4.79 Å². The lowest BCUT2D eigenvalue weighted by atomic mass is 9.91. The number of aliphatic hydroxyl groups is 1. The van der Waals surface area contributed by atoms with E-state index < -0.39 is 17.2 Å². The van der Waals surface area contributed by atoms with Gasteiger partial charge in [0.15, 0.2) is 11.6 Å². The third-order valence-electron chi connectivity index (χ3n) is 6.86. The summed E-state index contributed by atoms with van der Waals surface area (Å²) in [6.07, 6.45) is 3.84. The average Bonchev–Trinajstić information content (AvgIpc) is 3.61. The number of imidazole rings is 1. The minimum Gasteiger partial charge on any atom is -0.469 e. The molecule has 0 saturated carbocycles. The van der Waals surface area contributed by atoms with Gasteiger partial charge in [-0.1, -0.05) is 24.3 Å². The van der Waals surface area contributed by atoms with Crippen LogP contribution in [-0.2, 0) is 21.6 Å². The van der Waals surface area contributed by atoms with E-state index in [0.29, 0.717) is 28.8 Å². The lowest BCUT2D eigenvalue weighted by molar-refractivity contribution is -0.140. The number of nitrogens with zero attached hydrogens (tertiary/aromatic N) is 1. The van der Waals surface area contributed by atoms with Crippen LogP contribution < -0.4 is 4.74 Å². The van der Waals surface area contributed by atoms with Crippen molar-refractivity contribution in [1.82, 2.24) is 15.0 Å². The fourth-order valence-corrected chi connectivity index (χ4v) is 4.55. The molecular formula is C30H27F2N3O4. The monoisotopic (exact) mass is 531 g/mol. The van der Waals surface area contributed by atoms with Crippen molar-refractivity contribution in [3.8, 4) is 22.9 Å². The Bertz CT molecular complexity index is 1670. The van der Waals surface area contributed by atoms with E-state index >= 15 is 0 Å². The maximum absolute atomic E-state index is 14.9. The molecule has 2 heterocycles. The van der Waals surface area contributed by atoms with Crippen LogP contribution in [0.2, 0.25) is 0 Å². The Morgan fingerprint density at radius 2 is 1.92 bits per heavy atom. The number of carbonyl (C=O) groups is 1. The number of aromatic nitrogens is 3. The van der Waals surface area contributed by atoms with Gasteiger partial charge in [0.25, 0.3) is 0 Å². The molecule has 0 saturated heterocycles. The van der Waals surface area contributed by atoms with Crippen LogP contribution in [0.5, 0.6) is 11.5 Å². The summed E-state index contributed by atoms with van der Waals surface area (Å²) in [6.45, 7) is 3.35. The van der Waals surface area contributed by atoms with Crippen LogP contribution in [0.4, 0.5) is 8.78 Å². The minimum absolute atomic E-state index is 0.0507. The quantitative estimate of drug-likeness (QED) is 0.204. The van der Waals surface area contributed by atoms with E-state index in [1.165, 1.54) is 37.6 Å². The maximum Gasteiger partial charge on any atom is 0.305 e. The van der Waals surface area contributed by atoms with Gasteiger partial charge in [0.2, 0.25) is 0 Å². The summed E-state index contributed by atoms with van der Waals surface area (Å²) < 4.78 is 40.2. The number of esters is 1. The number of aryl methyl sites for hydroxylation is 2. The molecule has 9 heteroatoms. The standard InChI is InChI=1S/C30H27F2N3O4/c1-17-21-11-12-33-25(21)15-24(32)28(17)39-20-8-9-23(31)22(14-20)29-34-16-26(35-29)30(2,37)19-6-4-5-18(13-19)7-10-27(36)38-3/h4-6,8-9,11-16,33,37H,7,10H2,1-3H3,(H,34,35). The number of benzene rings is 3. The number of fused-ring (bicyclic) bond motifs is 1. The lowest BCUT2D eigenvalue weighted by Gasteiger charge is -2.23. The fourth-order valence-electron chi connectivity index (χ4n) is 4.55. The highest BCUT2D eigenvalue weighted by atomic mass is 19.1. The number of halogens is 2. The van der Waals surface area contributed by atoms with Crippen molar-refractivity contribution in [3.63, 3.8) is 0 Å². The zero-order valence-corrected chi connectivity index (χ0v) is 21.6. The Morgan fingerprint density at radius 3 is 2.72 bits per heavy atom. The Balaban J connectivity index is 1.42. The number of hydrogen-bond acceptors (Lipinski definition) is 5. The molecule has 7 nitrogen and oxygen atoms in total. The predicted molar refractivity (Wildman–Crippen MR) is 143 cm³/mol. The van der Waals surface area contributed by atoms with E-state index in [1.54, 1.807) is 38.2 Å². The van der Waals surface area contributed by atoms with Crippen molar-refractivity contribution in [2.75, 3.05) is 7.11 Å². The molecule has 39 heavy (non-hydrogen) atoms. The number of ether oxygens (including phenoxy) is 2. The van der Waals surface area contributed by atoms with Gasteiger partial charge in [-0.25, -0.2) is 13.8 Å². The van der Waals surface area contributed by atoms with E-state index in [-0.39, 0.29) is 35.3 Å². The van der Waals surface area contributed by atoms with Gasteiger partial charge >= 0.3 is 5.97 Å². The molecule has 0 aliphatic rings. The molecule has 0 fully saturated rings. The zero-order valence-electron chi connectivity index (χ0n) is 21.6. The summed E-state index contributed by atoms with van der Waals surface area (Å²) in [5.74, 6) is -0.972. The SMILES string of the molecule is COC(=O)CCc1cccc(C(C)(O)c2cnc(-c3cc(Oc4c(F)cc5[nH]ccc5c4C)ccc3F)[nH]2)c1. The van der Waals surface area contributed by atoms with Gasteiger partial charge < -0.3 is 24.5 Å². The van der Waals surface area contributed by atoms with Crippen molar-refractivity contribution < 1.29 is 28.2 Å². The second-order valence-electron chi connectivity index (χ2n) is 9.49. The van der Waals surface area contributed by atoms with Crippen LogP contribution in [-0.4, -0.2) is 33.1 Å². The molecule has 0 aliphatic carbocycles. The van der Waals surface area contributed by atoms with Gasteiger partial charge in [-0.05, 0) is 55.7 Å². The number of hydrogen-bond donors (Lipinski definition) is 3. The van der Waals surface area contributed by atoms with Gasteiger partial charge in [-0.15, -0.1) is 0 Å². The summed E-state index contributed by atoms with van der Waals surface area (Å²) in [5.41, 5.74) is 1.65. The van der Waals surface area contributed by atoms with Crippen LogP contribution in [0.15, 0.2) is 67.0 Å². The normalized spacial score (nSPS) is 12.9. The van der Waals surface area contributed by atoms with Crippen molar-refractivity contribution in [3.05, 3.63) is 101 Å². The van der Waals surface area contributed by atoms with E-state index in [4.69, 9.17) is 9.47 Å². The fraction of sp³-hybridized carbons (Fsp3) is 0.200. The van der Waals surface area contributed by atoms with E-state index in [2.05, 4.69) is 15.0 Å². The van der Waals surface area contributed by atoms with Crippen LogP contribution in [0.1, 0.15) is 35.7 Å². The number of H-pyrrole nitrogens is 2. The smallest absolute Gasteiger partial charge is 0.305 e.